The summed E-state index contributed by atoms with van der Waals surface area (Å²) in [5, 5.41) is 3.05. The summed E-state index contributed by atoms with van der Waals surface area (Å²) in [7, 11) is 0. The molecule has 182 valence electrons. The van der Waals surface area contributed by atoms with Gasteiger partial charge in [-0.15, -0.1) is 12.4 Å². The SMILES string of the molecule is Cl.O=C(CN1CCC(N2C(=O)OCc3ccccc32)CC1)Nc1ccc(C2CCCCC2)cc1. The Kier molecular flexibility index (Phi) is 8.11. The van der Waals surface area contributed by atoms with E-state index in [0.29, 0.717) is 19.1 Å². The number of rotatable bonds is 5. The number of carbonyl (C=O) groups excluding carboxylic acids is 2. The second kappa shape index (κ2) is 11.2. The van der Waals surface area contributed by atoms with Gasteiger partial charge >= 0.3 is 6.09 Å². The van der Waals surface area contributed by atoms with E-state index in [1.54, 1.807) is 0 Å². The number of halogens is 1. The highest BCUT2D eigenvalue weighted by Crippen LogP contribution is 2.33. The Bertz CT molecular complexity index is 983. The lowest BCUT2D eigenvalue weighted by Crippen LogP contribution is -2.50. The van der Waals surface area contributed by atoms with Crippen molar-refractivity contribution in [2.75, 3.05) is 29.9 Å². The van der Waals surface area contributed by atoms with Crippen molar-refractivity contribution in [1.29, 1.82) is 0 Å². The van der Waals surface area contributed by atoms with Crippen LogP contribution in [0.1, 0.15) is 62.0 Å². The highest BCUT2D eigenvalue weighted by atomic mass is 35.5. The second-order valence-corrected chi connectivity index (χ2v) is 9.57. The molecule has 34 heavy (non-hydrogen) atoms. The molecule has 6 nitrogen and oxygen atoms in total. The summed E-state index contributed by atoms with van der Waals surface area (Å²) in [6.45, 7) is 2.28. The molecule has 2 aromatic carbocycles. The molecule has 0 aromatic heterocycles. The van der Waals surface area contributed by atoms with E-state index < -0.39 is 0 Å². The van der Waals surface area contributed by atoms with Gasteiger partial charge in [-0.3, -0.25) is 14.6 Å². The van der Waals surface area contributed by atoms with Gasteiger partial charge in [-0.1, -0.05) is 49.6 Å². The Labute approximate surface area is 208 Å². The minimum absolute atomic E-state index is 0. The molecule has 5 rings (SSSR count). The normalized spacial score (nSPS) is 19.6. The molecule has 2 fully saturated rings. The quantitative estimate of drug-likeness (QED) is 0.591. The fourth-order valence-corrected chi connectivity index (χ4v) is 5.53. The van der Waals surface area contributed by atoms with Crippen LogP contribution in [0.25, 0.3) is 0 Å². The Balaban J connectivity index is 0.00000274. The monoisotopic (exact) mass is 483 g/mol. The number of cyclic esters (lactones) is 1. The molecule has 0 bridgehead atoms. The van der Waals surface area contributed by atoms with E-state index in [2.05, 4.69) is 22.3 Å². The Morgan fingerprint density at radius 3 is 2.38 bits per heavy atom. The Morgan fingerprint density at radius 1 is 0.941 bits per heavy atom. The fraction of sp³-hybridized carbons (Fsp3) is 0.481. The molecule has 2 aromatic rings. The van der Waals surface area contributed by atoms with Gasteiger partial charge < -0.3 is 10.1 Å². The van der Waals surface area contributed by atoms with Crippen molar-refractivity contribution in [3.05, 3.63) is 59.7 Å². The number of ether oxygens (including phenoxy) is 1. The molecule has 2 aliphatic heterocycles. The van der Waals surface area contributed by atoms with Gasteiger partial charge in [0.2, 0.25) is 5.91 Å². The number of benzene rings is 2. The summed E-state index contributed by atoms with van der Waals surface area (Å²) < 4.78 is 5.38. The molecule has 0 spiro atoms. The third kappa shape index (κ3) is 5.56. The predicted molar refractivity (Wildman–Crippen MR) is 137 cm³/mol. The zero-order valence-electron chi connectivity index (χ0n) is 19.6. The van der Waals surface area contributed by atoms with Crippen LogP contribution in [-0.2, 0) is 16.1 Å². The van der Waals surface area contributed by atoms with E-state index in [9.17, 15) is 9.59 Å². The minimum atomic E-state index is -0.262. The van der Waals surface area contributed by atoms with Crippen LogP contribution in [0.5, 0.6) is 0 Å². The van der Waals surface area contributed by atoms with Crippen molar-refractivity contribution in [3.8, 4) is 0 Å². The summed E-state index contributed by atoms with van der Waals surface area (Å²) in [5.74, 6) is 0.690. The van der Waals surface area contributed by atoms with E-state index in [1.807, 2.05) is 41.3 Å². The maximum atomic E-state index is 12.6. The third-order valence-corrected chi connectivity index (χ3v) is 7.36. The van der Waals surface area contributed by atoms with Crippen LogP contribution >= 0.6 is 12.4 Å². The van der Waals surface area contributed by atoms with Crippen LogP contribution in [0.15, 0.2) is 48.5 Å². The summed E-state index contributed by atoms with van der Waals surface area (Å²) in [4.78, 5) is 29.1. The van der Waals surface area contributed by atoms with E-state index in [-0.39, 0.29) is 30.4 Å². The fourth-order valence-electron chi connectivity index (χ4n) is 5.53. The van der Waals surface area contributed by atoms with Crippen molar-refractivity contribution in [1.82, 2.24) is 4.90 Å². The standard InChI is InChI=1S/C27H33N3O3.ClH/c31-26(28-23-12-10-21(11-13-23)20-6-2-1-3-7-20)18-29-16-14-24(15-17-29)30-25-9-5-4-8-22(25)19-33-27(30)32;/h4-5,8-13,20,24H,1-3,6-7,14-19H2,(H,28,31);1H. The largest absolute Gasteiger partial charge is 0.444 e. The lowest BCUT2D eigenvalue weighted by atomic mass is 9.84. The summed E-state index contributed by atoms with van der Waals surface area (Å²) >= 11 is 0. The lowest BCUT2D eigenvalue weighted by molar-refractivity contribution is -0.117. The molecule has 2 heterocycles. The molecule has 1 N–H and O–H groups in total. The molecule has 1 aliphatic carbocycles. The number of likely N-dealkylation sites (tertiary alicyclic amines) is 1. The lowest BCUT2D eigenvalue weighted by Gasteiger charge is -2.40. The second-order valence-electron chi connectivity index (χ2n) is 9.57. The zero-order valence-corrected chi connectivity index (χ0v) is 20.4. The van der Waals surface area contributed by atoms with Gasteiger partial charge in [0.05, 0.1) is 12.2 Å². The topological polar surface area (TPSA) is 61.9 Å². The number of amides is 2. The highest BCUT2D eigenvalue weighted by molar-refractivity contribution is 5.92. The molecule has 0 radical (unpaired) electrons. The Morgan fingerprint density at radius 2 is 1.65 bits per heavy atom. The average Bonchev–Trinajstić information content (AvgIpc) is 2.86. The van der Waals surface area contributed by atoms with Gasteiger partial charge in [-0.2, -0.15) is 0 Å². The van der Waals surface area contributed by atoms with E-state index in [0.717, 1.165) is 42.9 Å². The van der Waals surface area contributed by atoms with E-state index in [4.69, 9.17) is 4.74 Å². The van der Waals surface area contributed by atoms with Crippen molar-refractivity contribution in [3.63, 3.8) is 0 Å². The molecular formula is C27H34ClN3O3. The van der Waals surface area contributed by atoms with Crippen molar-refractivity contribution in [2.24, 2.45) is 0 Å². The first kappa shape index (κ1) is 24.6. The first-order chi connectivity index (χ1) is 16.2. The number of piperidine rings is 1. The van der Waals surface area contributed by atoms with Crippen LogP contribution in [-0.4, -0.2) is 42.6 Å². The first-order valence-corrected chi connectivity index (χ1v) is 12.3. The van der Waals surface area contributed by atoms with Gasteiger partial charge in [0.1, 0.15) is 6.61 Å². The number of para-hydroxylation sites is 1. The van der Waals surface area contributed by atoms with Gasteiger partial charge in [0.25, 0.3) is 0 Å². The van der Waals surface area contributed by atoms with Crippen LogP contribution in [0.4, 0.5) is 16.2 Å². The summed E-state index contributed by atoms with van der Waals surface area (Å²) in [5.41, 5.74) is 4.27. The van der Waals surface area contributed by atoms with Gasteiger partial charge in [-0.25, -0.2) is 4.79 Å². The predicted octanol–water partition coefficient (Wildman–Crippen LogP) is 5.72. The molecule has 0 unspecified atom stereocenters. The first-order valence-electron chi connectivity index (χ1n) is 12.3. The number of carbonyl (C=O) groups is 2. The summed E-state index contributed by atoms with van der Waals surface area (Å²) in [6.07, 6.45) is 7.96. The van der Waals surface area contributed by atoms with Crippen LogP contribution in [0.3, 0.4) is 0 Å². The Hall–Kier alpha value is -2.57. The molecule has 3 aliphatic rings. The highest BCUT2D eigenvalue weighted by Gasteiger charge is 2.34. The number of hydrogen-bond acceptors (Lipinski definition) is 4. The average molecular weight is 484 g/mol. The number of fused-ring (bicyclic) bond motifs is 1. The molecule has 1 saturated carbocycles. The minimum Gasteiger partial charge on any atom is -0.444 e. The zero-order chi connectivity index (χ0) is 22.6. The number of anilines is 2. The van der Waals surface area contributed by atoms with E-state index >= 15 is 0 Å². The van der Waals surface area contributed by atoms with Crippen LogP contribution in [0, 0.1) is 0 Å². The van der Waals surface area contributed by atoms with Gasteiger partial charge in [0.15, 0.2) is 0 Å². The van der Waals surface area contributed by atoms with E-state index in [1.165, 1.54) is 37.7 Å². The number of nitrogens with zero attached hydrogens (tertiary/aromatic N) is 2. The number of hydrogen-bond donors (Lipinski definition) is 1. The molecule has 1 saturated heterocycles. The molecular weight excluding hydrogens is 450 g/mol. The van der Waals surface area contributed by atoms with Gasteiger partial charge in [-0.05, 0) is 55.4 Å². The van der Waals surface area contributed by atoms with Crippen LogP contribution < -0.4 is 10.2 Å². The maximum absolute atomic E-state index is 12.6. The third-order valence-electron chi connectivity index (χ3n) is 7.36. The molecule has 7 heteroatoms. The molecule has 0 atom stereocenters. The van der Waals surface area contributed by atoms with Crippen molar-refractivity contribution >= 4 is 35.8 Å². The van der Waals surface area contributed by atoms with Crippen molar-refractivity contribution < 1.29 is 14.3 Å². The smallest absolute Gasteiger partial charge is 0.414 e. The van der Waals surface area contributed by atoms with Crippen LogP contribution in [0.2, 0.25) is 0 Å². The molecule has 2 amide bonds. The summed E-state index contributed by atoms with van der Waals surface area (Å²) in [6, 6.07) is 16.5. The number of nitrogens with one attached hydrogen (secondary N) is 1. The maximum Gasteiger partial charge on any atom is 0.414 e. The van der Waals surface area contributed by atoms with Gasteiger partial charge in [0, 0.05) is 30.4 Å². The van der Waals surface area contributed by atoms with Crippen molar-refractivity contribution in [2.45, 2.75) is 63.5 Å².